The smallest absolute Gasteiger partial charge is 0.223 e. The molecule has 0 saturated carbocycles. The van der Waals surface area contributed by atoms with Crippen LogP contribution in [-0.2, 0) is 4.79 Å². The molecule has 0 aromatic carbocycles. The molecule has 0 atom stereocenters. The molecule has 0 aliphatic carbocycles. The first-order valence-corrected chi connectivity index (χ1v) is 8.63. The first-order valence-electron chi connectivity index (χ1n) is 8.63. The molecule has 4 nitrogen and oxygen atoms in total. The fourth-order valence-corrected chi connectivity index (χ4v) is 3.99. The number of likely N-dealkylation sites (tertiary alicyclic amines) is 3. The van der Waals surface area contributed by atoms with E-state index >= 15 is 0 Å². The van der Waals surface area contributed by atoms with E-state index in [4.69, 9.17) is 0 Å². The van der Waals surface area contributed by atoms with Crippen molar-refractivity contribution in [3.63, 3.8) is 0 Å². The topological polar surface area (TPSA) is 26.8 Å². The second-order valence-corrected chi connectivity index (χ2v) is 8.26. The Morgan fingerprint density at radius 2 is 1.71 bits per heavy atom. The van der Waals surface area contributed by atoms with Crippen molar-refractivity contribution in [1.29, 1.82) is 0 Å². The van der Waals surface area contributed by atoms with E-state index in [0.717, 1.165) is 32.0 Å². The van der Waals surface area contributed by atoms with Crippen molar-refractivity contribution in [2.24, 2.45) is 17.3 Å². The van der Waals surface area contributed by atoms with Gasteiger partial charge in [-0.25, -0.2) is 0 Å². The Morgan fingerprint density at radius 1 is 1.10 bits per heavy atom. The second kappa shape index (κ2) is 5.54. The Kier molecular flexibility index (Phi) is 4.04. The highest BCUT2D eigenvalue weighted by atomic mass is 16.2. The normalized spacial score (nSPS) is 26.1. The molecule has 0 aromatic heterocycles. The number of amides is 1. The highest BCUT2D eigenvalue weighted by Gasteiger charge is 2.51. The van der Waals surface area contributed by atoms with E-state index in [1.165, 1.54) is 26.2 Å². The molecule has 0 radical (unpaired) electrons. The maximum absolute atomic E-state index is 12.1. The summed E-state index contributed by atoms with van der Waals surface area (Å²) in [7, 11) is 0. The molecule has 120 valence electrons. The predicted molar refractivity (Wildman–Crippen MR) is 85.1 cm³/mol. The summed E-state index contributed by atoms with van der Waals surface area (Å²) in [6.07, 6.45) is 0.717. The largest absolute Gasteiger partial charge is 0.342 e. The van der Waals surface area contributed by atoms with E-state index in [1.54, 1.807) is 0 Å². The molecular weight excluding hydrogens is 262 g/mol. The summed E-state index contributed by atoms with van der Waals surface area (Å²) in [5, 5.41) is 0. The highest BCUT2D eigenvalue weighted by Crippen LogP contribution is 2.40. The van der Waals surface area contributed by atoms with Crippen LogP contribution in [0.3, 0.4) is 0 Å². The van der Waals surface area contributed by atoms with Crippen molar-refractivity contribution in [2.45, 2.75) is 40.2 Å². The third-order valence-electron chi connectivity index (χ3n) is 5.77. The van der Waals surface area contributed by atoms with Gasteiger partial charge in [0.25, 0.3) is 0 Å². The van der Waals surface area contributed by atoms with Crippen LogP contribution in [0.2, 0.25) is 0 Å². The second-order valence-electron chi connectivity index (χ2n) is 8.26. The first kappa shape index (κ1) is 15.3. The molecule has 3 aliphatic rings. The number of carbonyl (C=O) groups excluding carboxylic acids is 1. The van der Waals surface area contributed by atoms with Gasteiger partial charge in [-0.05, 0) is 25.7 Å². The quantitative estimate of drug-likeness (QED) is 0.769. The molecule has 21 heavy (non-hydrogen) atoms. The fourth-order valence-electron chi connectivity index (χ4n) is 3.99. The summed E-state index contributed by atoms with van der Waals surface area (Å²) in [6.45, 7) is 16.9. The van der Waals surface area contributed by atoms with Gasteiger partial charge in [0.2, 0.25) is 5.91 Å². The number of hydrogen-bond acceptors (Lipinski definition) is 3. The van der Waals surface area contributed by atoms with Crippen LogP contribution in [0.1, 0.15) is 34.1 Å². The van der Waals surface area contributed by atoms with Crippen molar-refractivity contribution in [1.82, 2.24) is 14.7 Å². The van der Waals surface area contributed by atoms with Gasteiger partial charge in [0.1, 0.15) is 0 Å². The van der Waals surface area contributed by atoms with Crippen LogP contribution in [-0.4, -0.2) is 72.5 Å². The number of nitrogens with zero attached hydrogens (tertiary/aromatic N) is 3. The minimum Gasteiger partial charge on any atom is -0.342 e. The maximum atomic E-state index is 12.1. The van der Waals surface area contributed by atoms with E-state index < -0.39 is 0 Å². The molecule has 0 N–H and O–H groups in total. The summed E-state index contributed by atoms with van der Waals surface area (Å²) in [5.41, 5.74) is 0.576. The van der Waals surface area contributed by atoms with E-state index in [1.807, 2.05) is 4.90 Å². The molecule has 3 aliphatic heterocycles. The summed E-state index contributed by atoms with van der Waals surface area (Å²) >= 11 is 0. The molecule has 3 rings (SSSR count). The zero-order valence-corrected chi connectivity index (χ0v) is 14.1. The Bertz CT molecular complexity index is 387. The van der Waals surface area contributed by atoms with Gasteiger partial charge >= 0.3 is 0 Å². The van der Waals surface area contributed by atoms with E-state index in [9.17, 15) is 4.79 Å². The van der Waals surface area contributed by atoms with Crippen LogP contribution in [0.4, 0.5) is 0 Å². The maximum Gasteiger partial charge on any atom is 0.223 e. The number of rotatable bonds is 5. The summed E-state index contributed by atoms with van der Waals surface area (Å²) < 4.78 is 0. The Hall–Kier alpha value is -0.610. The van der Waals surface area contributed by atoms with Crippen molar-refractivity contribution >= 4 is 5.91 Å². The lowest BCUT2D eigenvalue weighted by Gasteiger charge is -2.61. The lowest BCUT2D eigenvalue weighted by Crippen LogP contribution is -2.73. The van der Waals surface area contributed by atoms with Crippen LogP contribution >= 0.6 is 0 Å². The monoisotopic (exact) mass is 293 g/mol. The molecule has 1 amide bonds. The SMILES string of the molecule is CC(C)C1CN(C(=O)CCN2CC3(C2)CN(C(C)C)C3)C1. The summed E-state index contributed by atoms with van der Waals surface area (Å²) in [5.74, 6) is 1.82. The molecule has 3 heterocycles. The standard InChI is InChI=1S/C17H31N3O/c1-13(2)15-7-19(8-15)16(21)5-6-18-9-17(10-18)11-20(12-17)14(3)4/h13-15H,5-12H2,1-4H3. The number of hydrogen-bond donors (Lipinski definition) is 0. The van der Waals surface area contributed by atoms with Gasteiger partial charge < -0.3 is 9.80 Å². The molecular formula is C17H31N3O. The molecule has 4 heteroatoms. The third kappa shape index (κ3) is 2.98. The zero-order valence-electron chi connectivity index (χ0n) is 14.1. The summed E-state index contributed by atoms with van der Waals surface area (Å²) in [4.78, 5) is 19.2. The van der Waals surface area contributed by atoms with Crippen molar-refractivity contribution in [2.75, 3.05) is 45.8 Å². The number of carbonyl (C=O) groups is 1. The first-order chi connectivity index (χ1) is 9.88. The van der Waals surface area contributed by atoms with Crippen LogP contribution in [0.15, 0.2) is 0 Å². The van der Waals surface area contributed by atoms with Crippen LogP contribution in [0.5, 0.6) is 0 Å². The van der Waals surface area contributed by atoms with Crippen molar-refractivity contribution in [3.05, 3.63) is 0 Å². The minimum atomic E-state index is 0.366. The van der Waals surface area contributed by atoms with Crippen LogP contribution in [0.25, 0.3) is 0 Å². The lowest BCUT2D eigenvalue weighted by molar-refractivity contribution is -0.144. The average molecular weight is 293 g/mol. The van der Waals surface area contributed by atoms with Crippen LogP contribution < -0.4 is 0 Å². The fraction of sp³-hybridized carbons (Fsp3) is 0.941. The van der Waals surface area contributed by atoms with Gasteiger partial charge in [-0.15, -0.1) is 0 Å². The Labute approximate surface area is 129 Å². The van der Waals surface area contributed by atoms with Gasteiger partial charge in [-0.3, -0.25) is 9.69 Å². The Balaban J connectivity index is 1.29. The van der Waals surface area contributed by atoms with E-state index in [0.29, 0.717) is 23.3 Å². The third-order valence-corrected chi connectivity index (χ3v) is 5.77. The summed E-state index contributed by atoms with van der Waals surface area (Å²) in [6, 6.07) is 0.687. The van der Waals surface area contributed by atoms with Crippen LogP contribution in [0, 0.1) is 17.3 Å². The molecule has 1 spiro atoms. The van der Waals surface area contributed by atoms with E-state index in [2.05, 4.69) is 37.5 Å². The predicted octanol–water partition coefficient (Wildman–Crippen LogP) is 1.52. The molecule has 0 aromatic rings. The van der Waals surface area contributed by atoms with Crippen molar-refractivity contribution in [3.8, 4) is 0 Å². The van der Waals surface area contributed by atoms with Gasteiger partial charge in [0, 0.05) is 63.7 Å². The van der Waals surface area contributed by atoms with E-state index in [-0.39, 0.29) is 0 Å². The zero-order chi connectivity index (χ0) is 15.2. The average Bonchev–Trinajstić information content (AvgIpc) is 2.21. The van der Waals surface area contributed by atoms with Crippen molar-refractivity contribution < 1.29 is 4.79 Å². The minimum absolute atomic E-state index is 0.366. The lowest BCUT2D eigenvalue weighted by atomic mass is 9.72. The molecule has 0 unspecified atom stereocenters. The Morgan fingerprint density at radius 3 is 2.24 bits per heavy atom. The molecule has 3 saturated heterocycles. The van der Waals surface area contributed by atoms with Gasteiger partial charge in [0.05, 0.1) is 0 Å². The molecule has 3 fully saturated rings. The highest BCUT2D eigenvalue weighted by molar-refractivity contribution is 5.77. The molecule has 0 bridgehead atoms. The van der Waals surface area contributed by atoms with Gasteiger partial charge in [-0.1, -0.05) is 13.8 Å². The van der Waals surface area contributed by atoms with Gasteiger partial charge in [-0.2, -0.15) is 0 Å². The van der Waals surface area contributed by atoms with Gasteiger partial charge in [0.15, 0.2) is 0 Å².